The molecule has 0 saturated heterocycles. The SMILES string of the molecule is Nn1c(SCc2ccc(C(=O)O)o2)nnc1C1CC1. The molecule has 2 aromatic heterocycles. The Labute approximate surface area is 112 Å². The standard InChI is InChI=1S/C11H12N4O3S/c12-15-9(6-1-2-6)13-14-11(15)19-5-7-3-4-8(18-7)10(16)17/h3-4,6H,1-2,5,12H2,(H,16,17). The van der Waals surface area contributed by atoms with Crippen LogP contribution in [-0.4, -0.2) is 25.9 Å². The molecule has 1 aliphatic carbocycles. The number of furan rings is 1. The van der Waals surface area contributed by atoms with Crippen molar-refractivity contribution in [2.24, 2.45) is 0 Å². The summed E-state index contributed by atoms with van der Waals surface area (Å²) in [5.74, 6) is 7.05. The Morgan fingerprint density at radius 2 is 2.32 bits per heavy atom. The Balaban J connectivity index is 1.66. The van der Waals surface area contributed by atoms with Gasteiger partial charge < -0.3 is 15.4 Å². The maximum atomic E-state index is 10.7. The molecular formula is C11H12N4O3S. The van der Waals surface area contributed by atoms with Crippen molar-refractivity contribution < 1.29 is 14.3 Å². The first-order chi connectivity index (χ1) is 9.15. The molecule has 3 rings (SSSR count). The molecule has 0 amide bonds. The fourth-order valence-corrected chi connectivity index (χ4v) is 2.47. The van der Waals surface area contributed by atoms with Gasteiger partial charge in [0, 0.05) is 5.92 Å². The van der Waals surface area contributed by atoms with Gasteiger partial charge in [-0.3, -0.25) is 0 Å². The van der Waals surface area contributed by atoms with Crippen molar-refractivity contribution in [3.8, 4) is 0 Å². The molecule has 1 saturated carbocycles. The van der Waals surface area contributed by atoms with Gasteiger partial charge in [-0.1, -0.05) is 11.8 Å². The number of aromatic nitrogens is 3. The third kappa shape index (κ3) is 2.43. The fourth-order valence-electron chi connectivity index (χ4n) is 1.71. The Hall–Kier alpha value is -1.96. The second kappa shape index (κ2) is 4.61. The molecule has 0 aliphatic heterocycles. The van der Waals surface area contributed by atoms with Gasteiger partial charge in [-0.05, 0) is 25.0 Å². The highest BCUT2D eigenvalue weighted by atomic mass is 32.2. The molecule has 1 aliphatic rings. The molecule has 100 valence electrons. The Morgan fingerprint density at radius 1 is 1.53 bits per heavy atom. The largest absolute Gasteiger partial charge is 0.475 e. The molecule has 0 unspecified atom stereocenters. The Kier molecular flexibility index (Phi) is 2.94. The van der Waals surface area contributed by atoms with Crippen molar-refractivity contribution in [1.82, 2.24) is 14.9 Å². The maximum Gasteiger partial charge on any atom is 0.371 e. The number of hydrogen-bond acceptors (Lipinski definition) is 6. The summed E-state index contributed by atoms with van der Waals surface area (Å²) < 4.78 is 6.66. The van der Waals surface area contributed by atoms with Crippen molar-refractivity contribution in [2.45, 2.75) is 29.7 Å². The second-order valence-electron chi connectivity index (χ2n) is 4.34. The van der Waals surface area contributed by atoms with E-state index < -0.39 is 5.97 Å². The van der Waals surface area contributed by atoms with E-state index in [0.29, 0.717) is 22.6 Å². The summed E-state index contributed by atoms with van der Waals surface area (Å²) in [4.78, 5) is 10.7. The van der Waals surface area contributed by atoms with Crippen LogP contribution >= 0.6 is 11.8 Å². The summed E-state index contributed by atoms with van der Waals surface area (Å²) in [5, 5.41) is 17.5. The molecule has 7 nitrogen and oxygen atoms in total. The van der Waals surface area contributed by atoms with Gasteiger partial charge in [-0.25, -0.2) is 9.47 Å². The highest BCUT2D eigenvalue weighted by Crippen LogP contribution is 2.39. The molecule has 0 spiro atoms. The minimum Gasteiger partial charge on any atom is -0.475 e. The Morgan fingerprint density at radius 3 is 2.95 bits per heavy atom. The van der Waals surface area contributed by atoms with Crippen LogP contribution in [0.15, 0.2) is 21.7 Å². The third-order valence-electron chi connectivity index (χ3n) is 2.85. The lowest BCUT2D eigenvalue weighted by Crippen LogP contribution is -2.13. The van der Waals surface area contributed by atoms with Gasteiger partial charge in [-0.2, -0.15) is 0 Å². The topological polar surface area (TPSA) is 107 Å². The van der Waals surface area contributed by atoms with Crippen molar-refractivity contribution >= 4 is 17.7 Å². The van der Waals surface area contributed by atoms with Gasteiger partial charge in [0.15, 0.2) is 5.82 Å². The predicted octanol–water partition coefficient (Wildman–Crippen LogP) is 1.45. The minimum atomic E-state index is -1.07. The summed E-state index contributed by atoms with van der Waals surface area (Å²) in [6, 6.07) is 3.07. The van der Waals surface area contributed by atoms with E-state index in [1.165, 1.54) is 22.5 Å². The molecule has 3 N–H and O–H groups in total. The number of aromatic carboxylic acids is 1. The zero-order chi connectivity index (χ0) is 13.4. The monoisotopic (exact) mass is 280 g/mol. The molecule has 19 heavy (non-hydrogen) atoms. The van der Waals surface area contributed by atoms with Gasteiger partial charge in [-0.15, -0.1) is 10.2 Å². The van der Waals surface area contributed by atoms with Gasteiger partial charge in [0.2, 0.25) is 10.9 Å². The zero-order valence-electron chi connectivity index (χ0n) is 9.94. The highest BCUT2D eigenvalue weighted by molar-refractivity contribution is 7.98. The first kappa shape index (κ1) is 12.1. The zero-order valence-corrected chi connectivity index (χ0v) is 10.8. The van der Waals surface area contributed by atoms with Crippen molar-refractivity contribution in [2.75, 3.05) is 5.84 Å². The molecule has 1 fully saturated rings. The quantitative estimate of drug-likeness (QED) is 0.630. The average Bonchev–Trinajstić information content (AvgIpc) is 2.99. The fraction of sp³-hybridized carbons (Fsp3) is 0.364. The van der Waals surface area contributed by atoms with Crippen LogP contribution in [0.25, 0.3) is 0 Å². The highest BCUT2D eigenvalue weighted by Gasteiger charge is 2.29. The van der Waals surface area contributed by atoms with Crippen molar-refractivity contribution in [1.29, 1.82) is 0 Å². The van der Waals surface area contributed by atoms with Crippen molar-refractivity contribution in [3.05, 3.63) is 29.5 Å². The molecule has 0 aromatic carbocycles. The van der Waals surface area contributed by atoms with E-state index >= 15 is 0 Å². The number of hydrogen-bond donors (Lipinski definition) is 2. The van der Waals surface area contributed by atoms with Crippen LogP contribution in [0, 0.1) is 0 Å². The maximum absolute atomic E-state index is 10.7. The summed E-state index contributed by atoms with van der Waals surface area (Å²) in [6.07, 6.45) is 2.22. The van der Waals surface area contributed by atoms with E-state index in [2.05, 4.69) is 10.2 Å². The summed E-state index contributed by atoms with van der Waals surface area (Å²) in [5.41, 5.74) is 0. The van der Waals surface area contributed by atoms with Gasteiger partial charge in [0.1, 0.15) is 5.76 Å². The van der Waals surface area contributed by atoms with E-state index in [4.69, 9.17) is 15.4 Å². The Bertz CT molecular complexity index is 617. The van der Waals surface area contributed by atoms with Gasteiger partial charge >= 0.3 is 5.97 Å². The van der Waals surface area contributed by atoms with Crippen LogP contribution < -0.4 is 5.84 Å². The summed E-state index contributed by atoms with van der Waals surface area (Å²) in [7, 11) is 0. The van der Waals surface area contributed by atoms with Gasteiger partial charge in [0.05, 0.1) is 5.75 Å². The lowest BCUT2D eigenvalue weighted by atomic mass is 10.4. The second-order valence-corrected chi connectivity index (χ2v) is 5.29. The molecular weight excluding hydrogens is 268 g/mol. The number of nitrogens with zero attached hydrogens (tertiary/aromatic N) is 3. The molecule has 0 atom stereocenters. The number of carboxylic acid groups (broad SMARTS) is 1. The number of thioether (sulfide) groups is 1. The van der Waals surface area contributed by atoms with Crippen LogP contribution in [0.1, 0.15) is 40.9 Å². The van der Waals surface area contributed by atoms with Crippen LogP contribution in [0.2, 0.25) is 0 Å². The number of carbonyl (C=O) groups is 1. The molecule has 0 bridgehead atoms. The van der Waals surface area contributed by atoms with Gasteiger partial charge in [0.25, 0.3) is 0 Å². The molecule has 2 heterocycles. The van der Waals surface area contributed by atoms with Crippen LogP contribution in [0.3, 0.4) is 0 Å². The summed E-state index contributed by atoms with van der Waals surface area (Å²) in [6.45, 7) is 0. The normalized spacial score (nSPS) is 14.7. The lowest BCUT2D eigenvalue weighted by Gasteiger charge is -2.01. The van der Waals surface area contributed by atoms with Crippen LogP contribution in [-0.2, 0) is 5.75 Å². The predicted molar refractivity (Wildman–Crippen MR) is 67.4 cm³/mol. The average molecular weight is 280 g/mol. The van der Waals surface area contributed by atoms with Crippen LogP contribution in [0.5, 0.6) is 0 Å². The molecule has 8 heteroatoms. The number of carboxylic acids is 1. The number of nitrogens with two attached hydrogens (primary N) is 1. The van der Waals surface area contributed by atoms with E-state index in [9.17, 15) is 4.79 Å². The van der Waals surface area contributed by atoms with Crippen LogP contribution in [0.4, 0.5) is 0 Å². The van der Waals surface area contributed by atoms with E-state index in [1.807, 2.05) is 0 Å². The lowest BCUT2D eigenvalue weighted by molar-refractivity contribution is 0.0661. The van der Waals surface area contributed by atoms with Crippen molar-refractivity contribution in [3.63, 3.8) is 0 Å². The summed E-state index contributed by atoms with van der Waals surface area (Å²) >= 11 is 1.37. The molecule has 0 radical (unpaired) electrons. The molecule has 2 aromatic rings. The first-order valence-electron chi connectivity index (χ1n) is 5.80. The minimum absolute atomic E-state index is 0.0662. The van der Waals surface area contributed by atoms with E-state index in [1.54, 1.807) is 6.07 Å². The first-order valence-corrected chi connectivity index (χ1v) is 6.79. The third-order valence-corrected chi connectivity index (χ3v) is 3.81. The number of rotatable bonds is 5. The number of nitrogen functional groups attached to an aromatic ring is 1. The van der Waals surface area contributed by atoms with E-state index in [-0.39, 0.29) is 5.76 Å². The smallest absolute Gasteiger partial charge is 0.371 e. The van der Waals surface area contributed by atoms with E-state index in [0.717, 1.165) is 18.7 Å².